The molecule has 1 aliphatic rings. The van der Waals surface area contributed by atoms with E-state index in [9.17, 15) is 9.59 Å². The lowest BCUT2D eigenvalue weighted by Gasteiger charge is -2.16. The van der Waals surface area contributed by atoms with Crippen molar-refractivity contribution in [1.82, 2.24) is 0 Å². The van der Waals surface area contributed by atoms with Crippen molar-refractivity contribution in [2.24, 2.45) is 0 Å². The highest BCUT2D eigenvalue weighted by molar-refractivity contribution is 6.25. The summed E-state index contributed by atoms with van der Waals surface area (Å²) in [4.78, 5) is 24.2. The number of ketones is 2. The second-order valence-corrected chi connectivity index (χ2v) is 5.55. The van der Waals surface area contributed by atoms with Gasteiger partial charge in [-0.25, -0.2) is 0 Å². The molecule has 2 nitrogen and oxygen atoms in total. The number of carbonyl (C=O) groups is 2. The lowest BCUT2D eigenvalue weighted by atomic mass is 9.86. The first-order chi connectivity index (χ1) is 9.50. The van der Waals surface area contributed by atoms with Crippen molar-refractivity contribution >= 4 is 11.6 Å². The molecular formula is C18H26O2. The minimum absolute atomic E-state index is 0.00170. The molecule has 20 heavy (non-hydrogen) atoms. The van der Waals surface area contributed by atoms with Crippen LogP contribution in [-0.4, -0.2) is 11.6 Å². The number of unbranched alkanes of at least 4 members (excludes halogenated alkanes) is 5. The second-order valence-electron chi connectivity index (χ2n) is 5.55. The molecule has 1 aliphatic carbocycles. The molecule has 0 aliphatic heterocycles. The molecule has 0 unspecified atom stereocenters. The maximum Gasteiger partial charge on any atom is 0.189 e. The van der Waals surface area contributed by atoms with Crippen LogP contribution in [0, 0.1) is 0 Å². The van der Waals surface area contributed by atoms with Gasteiger partial charge in [-0.1, -0.05) is 44.8 Å². The summed E-state index contributed by atoms with van der Waals surface area (Å²) in [5.41, 5.74) is 2.33. The van der Waals surface area contributed by atoms with E-state index < -0.39 is 0 Å². The molecule has 0 heterocycles. The van der Waals surface area contributed by atoms with E-state index in [1.165, 1.54) is 25.7 Å². The Hall–Kier alpha value is -1.44. The number of Topliss-reactive ketones (excluding diaryl/α,β-unsaturated/α-hetero) is 2. The van der Waals surface area contributed by atoms with Gasteiger partial charge in [0.1, 0.15) is 0 Å². The van der Waals surface area contributed by atoms with Crippen molar-refractivity contribution in [3.8, 4) is 0 Å². The molecule has 0 aromatic rings. The topological polar surface area (TPSA) is 34.1 Å². The Bertz CT molecular complexity index is 476. The molecule has 0 atom stereocenters. The highest BCUT2D eigenvalue weighted by Crippen LogP contribution is 2.25. The maximum absolute atomic E-state index is 12.2. The van der Waals surface area contributed by atoms with Crippen molar-refractivity contribution in [2.45, 2.75) is 66.2 Å². The predicted octanol–water partition coefficient (Wildman–Crippen LogP) is 4.71. The summed E-state index contributed by atoms with van der Waals surface area (Å²) >= 11 is 0. The SMILES string of the molecule is CCCCCCC/C=C/C1=C(C)C(=O)C(C)=C(C)C1=O. The standard InChI is InChI=1S/C18H26O2/c1-5-6-7-8-9-10-11-12-16-15(4)17(19)13(2)14(3)18(16)20/h11-12H,5-10H2,1-4H3/b12-11+. The highest BCUT2D eigenvalue weighted by atomic mass is 16.1. The second kappa shape index (κ2) is 7.98. The van der Waals surface area contributed by atoms with Gasteiger partial charge in [-0.15, -0.1) is 0 Å². The lowest BCUT2D eigenvalue weighted by molar-refractivity contribution is -0.116. The zero-order valence-corrected chi connectivity index (χ0v) is 13.2. The summed E-state index contributed by atoms with van der Waals surface area (Å²) in [7, 11) is 0. The first kappa shape index (κ1) is 16.6. The summed E-state index contributed by atoms with van der Waals surface area (Å²) in [5.74, 6) is 0.00605. The van der Waals surface area contributed by atoms with Crippen LogP contribution in [0.3, 0.4) is 0 Å². The predicted molar refractivity (Wildman–Crippen MR) is 83.6 cm³/mol. The fourth-order valence-electron chi connectivity index (χ4n) is 2.38. The maximum atomic E-state index is 12.2. The highest BCUT2D eigenvalue weighted by Gasteiger charge is 2.25. The Morgan fingerprint density at radius 3 is 2.05 bits per heavy atom. The van der Waals surface area contributed by atoms with E-state index in [1.54, 1.807) is 20.8 Å². The first-order valence-corrected chi connectivity index (χ1v) is 7.65. The third-order valence-electron chi connectivity index (χ3n) is 3.99. The summed E-state index contributed by atoms with van der Waals surface area (Å²) < 4.78 is 0. The Morgan fingerprint density at radius 2 is 1.40 bits per heavy atom. The van der Waals surface area contributed by atoms with E-state index in [4.69, 9.17) is 0 Å². The summed E-state index contributed by atoms with van der Waals surface area (Å²) in [6.45, 7) is 7.42. The third-order valence-corrected chi connectivity index (χ3v) is 3.99. The van der Waals surface area contributed by atoms with Crippen LogP contribution in [0.25, 0.3) is 0 Å². The molecule has 0 bridgehead atoms. The summed E-state index contributed by atoms with van der Waals surface area (Å²) in [6.07, 6.45) is 11.1. The van der Waals surface area contributed by atoms with E-state index in [1.807, 2.05) is 12.2 Å². The largest absolute Gasteiger partial charge is 0.289 e. The van der Waals surface area contributed by atoms with E-state index in [0.29, 0.717) is 22.3 Å². The van der Waals surface area contributed by atoms with Crippen molar-refractivity contribution < 1.29 is 9.59 Å². The average Bonchev–Trinajstić information content (AvgIpc) is 2.45. The van der Waals surface area contributed by atoms with Crippen molar-refractivity contribution in [3.63, 3.8) is 0 Å². The molecule has 0 fully saturated rings. The van der Waals surface area contributed by atoms with Crippen molar-refractivity contribution in [1.29, 1.82) is 0 Å². The van der Waals surface area contributed by atoms with Crippen LogP contribution in [0.5, 0.6) is 0 Å². The van der Waals surface area contributed by atoms with Crippen LogP contribution in [0.2, 0.25) is 0 Å². The van der Waals surface area contributed by atoms with Gasteiger partial charge in [-0.3, -0.25) is 9.59 Å². The van der Waals surface area contributed by atoms with Gasteiger partial charge in [0.15, 0.2) is 11.6 Å². The van der Waals surface area contributed by atoms with E-state index in [0.717, 1.165) is 12.8 Å². The van der Waals surface area contributed by atoms with Gasteiger partial charge in [0, 0.05) is 22.3 Å². The number of hydrogen-bond acceptors (Lipinski definition) is 2. The number of rotatable bonds is 7. The van der Waals surface area contributed by atoms with Crippen LogP contribution >= 0.6 is 0 Å². The Labute approximate surface area is 122 Å². The molecule has 1 rings (SSSR count). The van der Waals surface area contributed by atoms with E-state index in [2.05, 4.69) is 6.92 Å². The molecule has 2 heteroatoms. The van der Waals surface area contributed by atoms with Gasteiger partial charge in [0.25, 0.3) is 0 Å². The number of allylic oxidation sites excluding steroid dienone is 6. The fourth-order valence-corrected chi connectivity index (χ4v) is 2.38. The molecule has 0 saturated carbocycles. The van der Waals surface area contributed by atoms with Gasteiger partial charge in [0.2, 0.25) is 0 Å². The number of hydrogen-bond donors (Lipinski definition) is 0. The fraction of sp³-hybridized carbons (Fsp3) is 0.556. The smallest absolute Gasteiger partial charge is 0.189 e. The molecule has 0 amide bonds. The van der Waals surface area contributed by atoms with Crippen LogP contribution in [0.4, 0.5) is 0 Å². The zero-order valence-electron chi connectivity index (χ0n) is 13.2. The van der Waals surface area contributed by atoms with Crippen molar-refractivity contribution in [2.75, 3.05) is 0 Å². The average molecular weight is 274 g/mol. The van der Waals surface area contributed by atoms with Crippen LogP contribution < -0.4 is 0 Å². The van der Waals surface area contributed by atoms with E-state index >= 15 is 0 Å². The Kier molecular flexibility index (Phi) is 6.63. The van der Waals surface area contributed by atoms with Gasteiger partial charge in [-0.2, -0.15) is 0 Å². The van der Waals surface area contributed by atoms with Gasteiger partial charge < -0.3 is 0 Å². The minimum atomic E-state index is 0.00170. The van der Waals surface area contributed by atoms with Crippen LogP contribution in [0.15, 0.2) is 34.4 Å². The van der Waals surface area contributed by atoms with Gasteiger partial charge >= 0.3 is 0 Å². The van der Waals surface area contributed by atoms with Crippen LogP contribution in [-0.2, 0) is 9.59 Å². The first-order valence-electron chi connectivity index (χ1n) is 7.65. The molecule has 0 saturated heterocycles. The lowest BCUT2D eigenvalue weighted by Crippen LogP contribution is -2.19. The third kappa shape index (κ3) is 4.03. The zero-order chi connectivity index (χ0) is 15.1. The summed E-state index contributed by atoms with van der Waals surface area (Å²) in [5, 5.41) is 0. The minimum Gasteiger partial charge on any atom is -0.289 e. The van der Waals surface area contributed by atoms with Crippen molar-refractivity contribution in [3.05, 3.63) is 34.4 Å². The molecular weight excluding hydrogens is 248 g/mol. The monoisotopic (exact) mass is 274 g/mol. The quantitative estimate of drug-likeness (QED) is 0.498. The molecule has 0 N–H and O–H groups in total. The molecule has 110 valence electrons. The molecule has 0 aromatic carbocycles. The molecule has 0 spiro atoms. The molecule has 0 aromatic heterocycles. The van der Waals surface area contributed by atoms with Gasteiger partial charge in [0.05, 0.1) is 0 Å². The number of carbonyl (C=O) groups excluding carboxylic acids is 2. The molecule has 0 radical (unpaired) electrons. The summed E-state index contributed by atoms with van der Waals surface area (Å²) in [6, 6.07) is 0. The Morgan fingerprint density at radius 1 is 0.800 bits per heavy atom. The normalized spacial score (nSPS) is 16.8. The van der Waals surface area contributed by atoms with Crippen LogP contribution in [0.1, 0.15) is 66.2 Å². The van der Waals surface area contributed by atoms with Gasteiger partial charge in [-0.05, 0) is 33.6 Å². The Balaban J connectivity index is 2.59. The van der Waals surface area contributed by atoms with E-state index in [-0.39, 0.29) is 11.6 Å².